The van der Waals surface area contributed by atoms with Crippen molar-refractivity contribution in [3.8, 4) is 0 Å². The van der Waals surface area contributed by atoms with Gasteiger partial charge in [-0.3, -0.25) is 9.98 Å². The standard InChI is InChI=1S/C9H10N2.C8H6N2/c1-10-7-8-11-9-5-3-2-4-6-9;1-2-4-8-6-10-9-5-7(8)3-1/h2-8H,1H3;1-6H. The first kappa shape index (κ1) is 14.5. The highest BCUT2D eigenvalue weighted by atomic mass is 15.1. The average molecular weight is 276 g/mol. The maximum Gasteiger partial charge on any atom is 0.0630 e. The number of hydrogen-bond donors (Lipinski definition) is 0. The van der Waals surface area contributed by atoms with Crippen molar-refractivity contribution in [2.45, 2.75) is 0 Å². The van der Waals surface area contributed by atoms with E-state index in [0.717, 1.165) is 16.5 Å². The maximum absolute atomic E-state index is 4.12. The van der Waals surface area contributed by atoms with Crippen molar-refractivity contribution >= 4 is 28.9 Å². The van der Waals surface area contributed by atoms with Crippen molar-refractivity contribution in [3.63, 3.8) is 0 Å². The first-order chi connectivity index (χ1) is 10.4. The van der Waals surface area contributed by atoms with Crippen molar-refractivity contribution in [2.24, 2.45) is 9.98 Å². The van der Waals surface area contributed by atoms with Crippen molar-refractivity contribution in [1.82, 2.24) is 10.2 Å². The highest BCUT2D eigenvalue weighted by Crippen LogP contribution is 2.08. The van der Waals surface area contributed by atoms with E-state index in [9.17, 15) is 0 Å². The van der Waals surface area contributed by atoms with Crippen LogP contribution in [0.2, 0.25) is 0 Å². The largest absolute Gasteiger partial charge is 0.295 e. The molecule has 1 heterocycles. The minimum Gasteiger partial charge on any atom is -0.295 e. The molecule has 0 saturated heterocycles. The summed E-state index contributed by atoms with van der Waals surface area (Å²) >= 11 is 0. The fraction of sp³-hybridized carbons (Fsp3) is 0.0588. The predicted octanol–water partition coefficient (Wildman–Crippen LogP) is 3.72. The lowest BCUT2D eigenvalue weighted by Crippen LogP contribution is -1.77. The van der Waals surface area contributed by atoms with Crippen molar-refractivity contribution in [2.75, 3.05) is 7.05 Å². The van der Waals surface area contributed by atoms with Crippen LogP contribution < -0.4 is 0 Å². The third-order valence-corrected chi connectivity index (χ3v) is 2.65. The zero-order valence-electron chi connectivity index (χ0n) is 11.8. The van der Waals surface area contributed by atoms with Crippen LogP contribution >= 0.6 is 0 Å². The van der Waals surface area contributed by atoms with Crippen LogP contribution in [-0.4, -0.2) is 29.7 Å². The van der Waals surface area contributed by atoms with Crippen LogP contribution in [0.3, 0.4) is 0 Å². The summed E-state index contributed by atoms with van der Waals surface area (Å²) in [7, 11) is 1.72. The molecule has 0 aliphatic rings. The quantitative estimate of drug-likeness (QED) is 0.670. The summed E-state index contributed by atoms with van der Waals surface area (Å²) in [5.41, 5.74) is 0.951. The fourth-order valence-electron chi connectivity index (χ4n) is 1.64. The molecule has 0 unspecified atom stereocenters. The Balaban J connectivity index is 0.000000154. The third kappa shape index (κ3) is 4.95. The molecule has 0 aliphatic carbocycles. The molecule has 3 aromatic rings. The maximum atomic E-state index is 4.12. The van der Waals surface area contributed by atoms with Crippen molar-refractivity contribution in [3.05, 3.63) is 67.0 Å². The summed E-state index contributed by atoms with van der Waals surface area (Å²) < 4.78 is 0. The second-order valence-corrected chi connectivity index (χ2v) is 4.14. The van der Waals surface area contributed by atoms with Crippen molar-refractivity contribution in [1.29, 1.82) is 0 Å². The van der Waals surface area contributed by atoms with E-state index >= 15 is 0 Å². The van der Waals surface area contributed by atoms with Gasteiger partial charge in [-0.15, -0.1) is 0 Å². The van der Waals surface area contributed by atoms with E-state index < -0.39 is 0 Å². The molecule has 21 heavy (non-hydrogen) atoms. The molecule has 4 heteroatoms. The van der Waals surface area contributed by atoms with Gasteiger partial charge < -0.3 is 0 Å². The van der Waals surface area contributed by atoms with Gasteiger partial charge in [-0.25, -0.2) is 0 Å². The summed E-state index contributed by atoms with van der Waals surface area (Å²) in [6.45, 7) is 0. The van der Waals surface area contributed by atoms with Crippen LogP contribution in [0, 0.1) is 0 Å². The van der Waals surface area contributed by atoms with E-state index in [1.54, 1.807) is 31.9 Å². The SMILES string of the molecule is CN=CC=Nc1ccccc1.c1ccc2cnncc2c1. The molecule has 4 nitrogen and oxygen atoms in total. The smallest absolute Gasteiger partial charge is 0.0630 e. The third-order valence-electron chi connectivity index (χ3n) is 2.65. The lowest BCUT2D eigenvalue weighted by atomic mass is 10.2. The van der Waals surface area contributed by atoms with Crippen LogP contribution in [0.15, 0.2) is 77.0 Å². The Kier molecular flexibility index (Phi) is 5.76. The molecule has 0 saturated carbocycles. The van der Waals surface area contributed by atoms with Crippen LogP contribution in [-0.2, 0) is 0 Å². The first-order valence-electron chi connectivity index (χ1n) is 6.55. The van der Waals surface area contributed by atoms with E-state index in [-0.39, 0.29) is 0 Å². The lowest BCUT2D eigenvalue weighted by molar-refractivity contribution is 1.05. The average Bonchev–Trinajstić information content (AvgIpc) is 2.57. The molecule has 0 fully saturated rings. The Labute approximate surface area is 123 Å². The number of rotatable bonds is 2. The van der Waals surface area contributed by atoms with Gasteiger partial charge in [0.15, 0.2) is 0 Å². The molecule has 0 spiro atoms. The van der Waals surface area contributed by atoms with Gasteiger partial charge in [0, 0.05) is 30.2 Å². The molecule has 0 N–H and O–H groups in total. The monoisotopic (exact) mass is 276 g/mol. The minimum absolute atomic E-state index is 0.951. The zero-order valence-corrected chi connectivity index (χ0v) is 11.8. The van der Waals surface area contributed by atoms with Gasteiger partial charge in [-0.05, 0) is 12.1 Å². The van der Waals surface area contributed by atoms with E-state index in [1.165, 1.54) is 0 Å². The second-order valence-electron chi connectivity index (χ2n) is 4.14. The van der Waals surface area contributed by atoms with Crippen LogP contribution in [0.5, 0.6) is 0 Å². The molecular formula is C17H16N4. The van der Waals surface area contributed by atoms with E-state index in [1.807, 2.05) is 54.6 Å². The lowest BCUT2D eigenvalue weighted by Gasteiger charge is -1.90. The molecule has 3 rings (SSSR count). The van der Waals surface area contributed by atoms with Crippen LogP contribution in [0.4, 0.5) is 5.69 Å². The van der Waals surface area contributed by atoms with Gasteiger partial charge >= 0.3 is 0 Å². The molecule has 104 valence electrons. The van der Waals surface area contributed by atoms with Crippen molar-refractivity contribution < 1.29 is 0 Å². The Morgan fingerprint density at radius 2 is 1.33 bits per heavy atom. The topological polar surface area (TPSA) is 50.5 Å². The number of hydrogen-bond acceptors (Lipinski definition) is 4. The number of para-hydroxylation sites is 1. The molecule has 0 atom stereocenters. The van der Waals surface area contributed by atoms with Crippen LogP contribution in [0.25, 0.3) is 10.8 Å². The van der Waals surface area contributed by atoms with Gasteiger partial charge in [-0.2, -0.15) is 10.2 Å². The molecule has 0 radical (unpaired) electrons. The Hall–Kier alpha value is -2.88. The normalized spacial score (nSPS) is 10.7. The molecular weight excluding hydrogens is 260 g/mol. The number of aromatic nitrogens is 2. The van der Waals surface area contributed by atoms with E-state index in [0.29, 0.717) is 0 Å². The predicted molar refractivity (Wildman–Crippen MR) is 88.5 cm³/mol. The van der Waals surface area contributed by atoms with Gasteiger partial charge in [0.2, 0.25) is 0 Å². The van der Waals surface area contributed by atoms with E-state index in [4.69, 9.17) is 0 Å². The molecule has 0 amide bonds. The molecule has 2 aromatic carbocycles. The van der Waals surface area contributed by atoms with Gasteiger partial charge in [0.05, 0.1) is 18.1 Å². The highest BCUT2D eigenvalue weighted by Gasteiger charge is 1.87. The summed E-state index contributed by atoms with van der Waals surface area (Å²) in [5, 5.41) is 9.80. The van der Waals surface area contributed by atoms with Gasteiger partial charge in [0.1, 0.15) is 0 Å². The molecule has 0 bridgehead atoms. The number of aliphatic imine (C=N–C) groups is 2. The summed E-state index contributed by atoms with van der Waals surface area (Å²) in [5.74, 6) is 0. The first-order valence-corrected chi connectivity index (χ1v) is 6.55. The highest BCUT2D eigenvalue weighted by molar-refractivity contribution is 6.16. The second kappa shape index (κ2) is 8.32. The summed E-state index contributed by atoms with van der Waals surface area (Å²) in [6, 6.07) is 17.8. The molecule has 1 aromatic heterocycles. The fourth-order valence-corrected chi connectivity index (χ4v) is 1.64. The van der Waals surface area contributed by atoms with Crippen LogP contribution in [0.1, 0.15) is 0 Å². The van der Waals surface area contributed by atoms with E-state index in [2.05, 4.69) is 20.2 Å². The zero-order chi connectivity index (χ0) is 14.8. The Morgan fingerprint density at radius 3 is 1.90 bits per heavy atom. The molecule has 0 aliphatic heterocycles. The van der Waals surface area contributed by atoms with Gasteiger partial charge in [0.25, 0.3) is 0 Å². The van der Waals surface area contributed by atoms with Gasteiger partial charge in [-0.1, -0.05) is 42.5 Å². The number of fused-ring (bicyclic) bond motifs is 1. The minimum atomic E-state index is 0.951. The Morgan fingerprint density at radius 1 is 0.762 bits per heavy atom. The number of benzene rings is 2. The summed E-state index contributed by atoms with van der Waals surface area (Å²) in [4.78, 5) is 7.90. The number of nitrogens with zero attached hydrogens (tertiary/aromatic N) is 4. The Bertz CT molecular complexity index is 655. The summed E-state index contributed by atoms with van der Waals surface area (Å²) in [6.07, 6.45) is 6.85.